The fraction of sp³-hybridized carbons (Fsp3) is 0.136. The number of aliphatic hydroxyl groups excluding tert-OH is 1. The number of aromatic amines is 1. The second-order valence-electron chi connectivity index (χ2n) is 6.61. The summed E-state index contributed by atoms with van der Waals surface area (Å²) in [7, 11) is 1.83. The molecule has 0 fully saturated rings. The molecule has 3 N–H and O–H groups in total. The van der Waals surface area contributed by atoms with Crippen molar-refractivity contribution in [3.05, 3.63) is 94.2 Å². The zero-order chi connectivity index (χ0) is 19.5. The van der Waals surface area contributed by atoms with E-state index in [9.17, 15) is 9.90 Å². The molecule has 0 aliphatic heterocycles. The van der Waals surface area contributed by atoms with E-state index in [0.29, 0.717) is 17.5 Å². The van der Waals surface area contributed by atoms with E-state index in [-0.39, 0.29) is 5.56 Å². The zero-order valence-corrected chi connectivity index (χ0v) is 15.4. The number of pyridine rings is 1. The van der Waals surface area contributed by atoms with Crippen LogP contribution in [0.1, 0.15) is 22.9 Å². The summed E-state index contributed by atoms with van der Waals surface area (Å²) in [6, 6.07) is 17.0. The molecule has 4 aromatic rings. The van der Waals surface area contributed by atoms with Crippen LogP contribution in [0.2, 0.25) is 0 Å². The van der Waals surface area contributed by atoms with Gasteiger partial charge in [0.15, 0.2) is 0 Å². The molecule has 2 heterocycles. The number of aromatic nitrogens is 3. The summed E-state index contributed by atoms with van der Waals surface area (Å²) >= 11 is 0. The standard InChI is InChI=1S/C22H20N4O2/c1-23-13-20-19-10-15(7-8-18(19)22(28)26-25-20)16-9-17(12-24-11-16)21(27)14-5-3-2-4-6-14/h2-12,21,23,27H,13H2,1H3,(H,26,28). The van der Waals surface area contributed by atoms with Crippen molar-refractivity contribution in [1.29, 1.82) is 0 Å². The van der Waals surface area contributed by atoms with Crippen LogP contribution in [0.3, 0.4) is 0 Å². The fourth-order valence-electron chi connectivity index (χ4n) is 3.29. The number of nitrogens with zero attached hydrogens (tertiary/aromatic N) is 2. The molecule has 4 rings (SSSR count). The Morgan fingerprint density at radius 1 is 1.00 bits per heavy atom. The summed E-state index contributed by atoms with van der Waals surface area (Å²) in [6.07, 6.45) is 2.67. The van der Waals surface area contributed by atoms with Crippen LogP contribution >= 0.6 is 0 Å². The molecule has 0 bridgehead atoms. The Hall–Kier alpha value is -3.35. The normalized spacial score (nSPS) is 12.2. The number of aliphatic hydroxyl groups is 1. The van der Waals surface area contributed by atoms with Gasteiger partial charge in [0.05, 0.1) is 11.1 Å². The third kappa shape index (κ3) is 3.43. The molecule has 140 valence electrons. The monoisotopic (exact) mass is 372 g/mol. The second-order valence-corrected chi connectivity index (χ2v) is 6.61. The van der Waals surface area contributed by atoms with Gasteiger partial charge in [-0.3, -0.25) is 9.78 Å². The van der Waals surface area contributed by atoms with Crippen molar-refractivity contribution in [2.75, 3.05) is 7.05 Å². The Bertz CT molecular complexity index is 1170. The minimum Gasteiger partial charge on any atom is -0.384 e. The molecule has 0 aliphatic carbocycles. The lowest BCUT2D eigenvalue weighted by Gasteiger charge is -2.13. The molecule has 2 aromatic heterocycles. The smallest absolute Gasteiger partial charge is 0.272 e. The predicted molar refractivity (Wildman–Crippen MR) is 109 cm³/mol. The van der Waals surface area contributed by atoms with E-state index >= 15 is 0 Å². The molecule has 0 radical (unpaired) electrons. The Morgan fingerprint density at radius 3 is 2.61 bits per heavy atom. The van der Waals surface area contributed by atoms with E-state index < -0.39 is 6.10 Å². The van der Waals surface area contributed by atoms with Crippen LogP contribution in [0, 0.1) is 0 Å². The van der Waals surface area contributed by atoms with Crippen LogP contribution in [-0.2, 0) is 6.54 Å². The third-order valence-electron chi connectivity index (χ3n) is 4.74. The van der Waals surface area contributed by atoms with Crippen molar-refractivity contribution in [2.24, 2.45) is 0 Å². The quantitative estimate of drug-likeness (QED) is 0.501. The third-order valence-corrected chi connectivity index (χ3v) is 4.74. The van der Waals surface area contributed by atoms with Gasteiger partial charge in [-0.05, 0) is 36.4 Å². The van der Waals surface area contributed by atoms with Gasteiger partial charge in [0.2, 0.25) is 0 Å². The molecule has 0 aliphatic rings. The van der Waals surface area contributed by atoms with Gasteiger partial charge in [-0.1, -0.05) is 36.4 Å². The van der Waals surface area contributed by atoms with Crippen molar-refractivity contribution < 1.29 is 5.11 Å². The first-order valence-corrected chi connectivity index (χ1v) is 9.01. The van der Waals surface area contributed by atoms with Gasteiger partial charge in [-0.2, -0.15) is 5.10 Å². The van der Waals surface area contributed by atoms with E-state index in [4.69, 9.17) is 0 Å². The molecule has 2 aromatic carbocycles. The van der Waals surface area contributed by atoms with E-state index in [2.05, 4.69) is 20.5 Å². The maximum Gasteiger partial charge on any atom is 0.272 e. The Labute approximate surface area is 161 Å². The van der Waals surface area contributed by atoms with Gasteiger partial charge in [0.1, 0.15) is 6.10 Å². The highest BCUT2D eigenvalue weighted by Gasteiger charge is 2.13. The first-order chi connectivity index (χ1) is 13.7. The Morgan fingerprint density at radius 2 is 1.82 bits per heavy atom. The average molecular weight is 372 g/mol. The SMILES string of the molecule is CNCc1n[nH]c(=O)c2ccc(-c3cncc(C(O)c4ccccc4)c3)cc12. The van der Waals surface area contributed by atoms with Crippen molar-refractivity contribution in [1.82, 2.24) is 20.5 Å². The number of benzene rings is 2. The average Bonchev–Trinajstić information content (AvgIpc) is 2.76. The number of fused-ring (bicyclic) bond motifs is 1. The van der Waals surface area contributed by atoms with Crippen molar-refractivity contribution >= 4 is 10.8 Å². The highest BCUT2D eigenvalue weighted by atomic mass is 16.3. The second kappa shape index (κ2) is 7.72. The minimum absolute atomic E-state index is 0.215. The van der Waals surface area contributed by atoms with E-state index in [1.807, 2.05) is 55.6 Å². The molecule has 0 amide bonds. The van der Waals surface area contributed by atoms with Gasteiger partial charge in [0.25, 0.3) is 5.56 Å². The first kappa shape index (κ1) is 18.0. The lowest BCUT2D eigenvalue weighted by Crippen LogP contribution is -2.15. The molecule has 1 unspecified atom stereocenters. The van der Waals surface area contributed by atoms with Crippen molar-refractivity contribution in [3.63, 3.8) is 0 Å². The zero-order valence-electron chi connectivity index (χ0n) is 15.4. The molecule has 0 saturated carbocycles. The summed E-state index contributed by atoms with van der Waals surface area (Å²) < 4.78 is 0. The van der Waals surface area contributed by atoms with Crippen molar-refractivity contribution in [2.45, 2.75) is 12.6 Å². The number of nitrogens with one attached hydrogen (secondary N) is 2. The fourth-order valence-corrected chi connectivity index (χ4v) is 3.29. The molecule has 0 saturated heterocycles. The van der Waals surface area contributed by atoms with E-state index in [1.54, 1.807) is 18.5 Å². The largest absolute Gasteiger partial charge is 0.384 e. The minimum atomic E-state index is -0.751. The van der Waals surface area contributed by atoms with Crippen LogP contribution in [0.4, 0.5) is 0 Å². The molecule has 6 heteroatoms. The molecule has 6 nitrogen and oxygen atoms in total. The van der Waals surface area contributed by atoms with Crippen LogP contribution in [0.25, 0.3) is 21.9 Å². The molecular formula is C22H20N4O2. The van der Waals surface area contributed by atoms with E-state index in [0.717, 1.165) is 27.8 Å². The van der Waals surface area contributed by atoms with Gasteiger partial charge in [-0.25, -0.2) is 5.10 Å². The molecule has 28 heavy (non-hydrogen) atoms. The molecule has 0 spiro atoms. The summed E-state index contributed by atoms with van der Waals surface area (Å²) in [5, 5.41) is 21.8. The molecule has 1 atom stereocenters. The predicted octanol–water partition coefficient (Wildman–Crippen LogP) is 2.79. The van der Waals surface area contributed by atoms with Crippen LogP contribution in [-0.4, -0.2) is 27.3 Å². The van der Waals surface area contributed by atoms with E-state index in [1.165, 1.54) is 0 Å². The van der Waals surface area contributed by atoms with Gasteiger partial charge >= 0.3 is 0 Å². The Kier molecular flexibility index (Phi) is 4.97. The number of rotatable bonds is 5. The van der Waals surface area contributed by atoms with Gasteiger partial charge < -0.3 is 10.4 Å². The topological polar surface area (TPSA) is 90.9 Å². The number of hydrogen-bond donors (Lipinski definition) is 3. The van der Waals surface area contributed by atoms with Gasteiger partial charge in [-0.15, -0.1) is 0 Å². The van der Waals surface area contributed by atoms with Crippen LogP contribution in [0.15, 0.2) is 71.8 Å². The number of H-pyrrole nitrogens is 1. The summed E-state index contributed by atoms with van der Waals surface area (Å²) in [4.78, 5) is 16.4. The summed E-state index contributed by atoms with van der Waals surface area (Å²) in [5.74, 6) is 0. The van der Waals surface area contributed by atoms with Crippen molar-refractivity contribution in [3.8, 4) is 11.1 Å². The highest BCUT2D eigenvalue weighted by Crippen LogP contribution is 2.28. The van der Waals surface area contributed by atoms with Crippen LogP contribution in [0.5, 0.6) is 0 Å². The van der Waals surface area contributed by atoms with Gasteiger partial charge in [0, 0.05) is 35.5 Å². The summed E-state index contributed by atoms with van der Waals surface area (Å²) in [5.41, 5.74) is 3.85. The highest BCUT2D eigenvalue weighted by molar-refractivity contribution is 5.88. The first-order valence-electron chi connectivity index (χ1n) is 9.01. The molecular weight excluding hydrogens is 352 g/mol. The maximum atomic E-state index is 12.1. The number of hydrogen-bond acceptors (Lipinski definition) is 5. The lowest BCUT2D eigenvalue weighted by atomic mass is 9.98. The van der Waals surface area contributed by atoms with Crippen LogP contribution < -0.4 is 10.9 Å². The summed E-state index contributed by atoms with van der Waals surface area (Å²) in [6.45, 7) is 0.543. The maximum absolute atomic E-state index is 12.1. The lowest BCUT2D eigenvalue weighted by molar-refractivity contribution is 0.220. The Balaban J connectivity index is 1.78.